The Morgan fingerprint density at radius 3 is 1.34 bits per heavy atom. The van der Waals surface area contributed by atoms with Gasteiger partial charge >= 0.3 is 0 Å². The summed E-state index contributed by atoms with van der Waals surface area (Å²) in [4.78, 5) is 14.1. The van der Waals surface area contributed by atoms with Crippen LogP contribution in [0.3, 0.4) is 0 Å². The highest BCUT2D eigenvalue weighted by Crippen LogP contribution is 2.44. The summed E-state index contributed by atoms with van der Waals surface area (Å²) in [6.45, 7) is 0. The predicted octanol–water partition coefficient (Wildman–Crippen LogP) is 14.4. The molecule has 0 aliphatic carbocycles. The zero-order valence-corrected chi connectivity index (χ0v) is 31.5. The van der Waals surface area contributed by atoms with E-state index in [0.29, 0.717) is 21.5 Å². The second kappa shape index (κ2) is 14.7. The van der Waals surface area contributed by atoms with E-state index >= 15 is 0 Å². The number of fused-ring (bicyclic) bond motifs is 7. The Morgan fingerprint density at radius 1 is 0.339 bits per heavy atom. The van der Waals surface area contributed by atoms with Crippen LogP contribution in [0.15, 0.2) is 224 Å². The topological polar surface area (TPSA) is 48.5 Å². The molecule has 0 aliphatic rings. The highest BCUT2D eigenvalue weighted by molar-refractivity contribution is 6.24. The quantitative estimate of drug-likeness (QED) is 0.161. The van der Waals surface area contributed by atoms with E-state index in [1.807, 2.05) is 0 Å². The van der Waals surface area contributed by atoms with E-state index in [0.717, 1.165) is 0 Å². The second-order valence-electron chi connectivity index (χ2n) is 13.6. The lowest BCUT2D eigenvalue weighted by molar-refractivity contribution is 0.953. The van der Waals surface area contributed by atoms with Crippen LogP contribution in [-0.2, 0) is 0 Å². The van der Waals surface area contributed by atoms with Gasteiger partial charge in [-0.25, -0.2) is 4.98 Å². The van der Waals surface area contributed by atoms with E-state index in [1.54, 1.807) is 60.7 Å². The number of benzene rings is 9. The highest BCUT2D eigenvalue weighted by Gasteiger charge is 2.25. The third kappa shape index (κ3) is 5.90. The summed E-state index contributed by atoms with van der Waals surface area (Å²) in [7, 11) is 0. The van der Waals surface area contributed by atoms with Crippen molar-refractivity contribution in [2.45, 2.75) is 0 Å². The number of para-hydroxylation sites is 2. The lowest BCUT2D eigenvalue weighted by atomic mass is 9.98. The Morgan fingerprint density at radius 2 is 0.758 bits per heavy atom. The summed E-state index contributed by atoms with van der Waals surface area (Å²) in [6.07, 6.45) is 0. The van der Waals surface area contributed by atoms with Gasteiger partial charge in [-0.15, -0.1) is 0 Å². The fourth-order valence-electron chi connectivity index (χ4n) is 7.54. The molecule has 3 heterocycles. The lowest BCUT2D eigenvalue weighted by Gasteiger charge is -2.17. The predicted molar refractivity (Wildman–Crippen MR) is 256 cm³/mol. The van der Waals surface area contributed by atoms with Crippen molar-refractivity contribution in [3.63, 3.8) is 0 Å². The van der Waals surface area contributed by atoms with E-state index in [2.05, 4.69) is 4.98 Å². The Hall–Kier alpha value is -8.41. The maximum atomic E-state index is 10.3. The van der Waals surface area contributed by atoms with Gasteiger partial charge in [-0.2, -0.15) is 9.97 Å². The Labute approximate surface area is 396 Å². The van der Waals surface area contributed by atoms with Crippen LogP contribution in [0.25, 0.3) is 111 Å². The van der Waals surface area contributed by atoms with Crippen LogP contribution in [0.4, 0.5) is 0 Å². The first-order valence-corrected chi connectivity index (χ1v) is 18.7. The van der Waals surface area contributed by atoms with Crippen LogP contribution >= 0.6 is 0 Å². The van der Waals surface area contributed by atoms with E-state index < -0.39 is 231 Å². The number of rotatable bonds is 7. The molecule has 9 aromatic carbocycles. The van der Waals surface area contributed by atoms with Gasteiger partial charge in [-0.3, -0.25) is 4.57 Å². The third-order valence-electron chi connectivity index (χ3n) is 10.1. The standard InChI is InChI=1S/C57H37N5/c1-5-17-38(18-6-1)40-29-31-43(32-30-40)56-58-55(42-23-11-4-12-24-42)59-57(60-56)62-51-28-16-14-26-47(51)49-36-35-48-46-25-13-15-27-50(46)61(53(48)54(49)62)52-37-44(39-19-7-2-8-20-39)33-34-45(52)41-21-9-3-10-22-41/h1-37H/i1D,2D,3D,4D,5D,6D,7D,8D,9D,10D,11D,12D,17D,18D,19D,20D,21D,22D,23D,24D,29D,30D,31D,32D,33D,34D,37D. The van der Waals surface area contributed by atoms with Gasteiger partial charge in [0.1, 0.15) is 0 Å². The van der Waals surface area contributed by atoms with Crippen molar-refractivity contribution in [3.05, 3.63) is 224 Å². The average molecular weight is 819 g/mol. The fraction of sp³-hybridized carbons (Fsp3) is 0. The van der Waals surface area contributed by atoms with Gasteiger partial charge in [0.05, 0.1) is 64.8 Å². The molecule has 5 heteroatoms. The number of aromatic nitrogens is 5. The van der Waals surface area contributed by atoms with Crippen LogP contribution in [0.2, 0.25) is 0 Å². The molecule has 0 spiro atoms. The van der Waals surface area contributed by atoms with Crippen molar-refractivity contribution in [1.82, 2.24) is 24.1 Å². The van der Waals surface area contributed by atoms with Crippen molar-refractivity contribution in [1.29, 1.82) is 0 Å². The normalized spacial score (nSPS) is 17.6. The van der Waals surface area contributed by atoms with Crippen molar-refractivity contribution in [2.75, 3.05) is 0 Å². The molecule has 0 fully saturated rings. The molecular weight excluding hydrogens is 755 g/mol. The molecule has 0 saturated heterocycles. The summed E-state index contributed by atoms with van der Waals surface area (Å²) in [5, 5.41) is 1.45. The molecule has 62 heavy (non-hydrogen) atoms. The van der Waals surface area contributed by atoms with Crippen LogP contribution < -0.4 is 0 Å². The van der Waals surface area contributed by atoms with Gasteiger partial charge in [-0.05, 0) is 46.0 Å². The summed E-state index contributed by atoms with van der Waals surface area (Å²) < 4.78 is 245. The molecule has 0 aliphatic heterocycles. The summed E-state index contributed by atoms with van der Waals surface area (Å²) in [6, 6.07) is -6.72. The summed E-state index contributed by atoms with van der Waals surface area (Å²) >= 11 is 0. The molecule has 0 atom stereocenters. The van der Waals surface area contributed by atoms with Gasteiger partial charge in [0.15, 0.2) is 11.6 Å². The largest absolute Gasteiger partial charge is 0.307 e. The van der Waals surface area contributed by atoms with Crippen molar-refractivity contribution in [2.24, 2.45) is 0 Å². The van der Waals surface area contributed by atoms with E-state index in [-0.39, 0.29) is 22.1 Å². The van der Waals surface area contributed by atoms with Gasteiger partial charge in [0.25, 0.3) is 0 Å². The van der Waals surface area contributed by atoms with E-state index in [1.165, 1.54) is 9.13 Å². The first-order chi connectivity index (χ1) is 42.0. The Kier molecular flexibility index (Phi) is 4.19. The minimum absolute atomic E-state index is 0.0321. The molecule has 3 aromatic heterocycles. The maximum Gasteiger partial charge on any atom is 0.238 e. The van der Waals surface area contributed by atoms with Gasteiger partial charge in [0.2, 0.25) is 5.95 Å². The zero-order chi connectivity index (χ0) is 64.5. The second-order valence-corrected chi connectivity index (χ2v) is 13.6. The molecule has 5 nitrogen and oxygen atoms in total. The van der Waals surface area contributed by atoms with Crippen molar-refractivity contribution < 1.29 is 37.0 Å². The number of hydrogen-bond acceptors (Lipinski definition) is 3. The molecule has 0 radical (unpaired) electrons. The molecule has 12 aromatic rings. The van der Waals surface area contributed by atoms with Gasteiger partial charge in [-0.1, -0.05) is 206 Å². The first-order valence-electron chi connectivity index (χ1n) is 32.2. The molecule has 0 saturated carbocycles. The monoisotopic (exact) mass is 818 g/mol. The number of hydrogen-bond donors (Lipinski definition) is 0. The zero-order valence-electron chi connectivity index (χ0n) is 58.5. The maximum absolute atomic E-state index is 10.3. The SMILES string of the molecule is [2H]c1c([2H])c([2H])c(-c2nc(-c3c([2H])c([2H])c(-c4c([2H])c([2H])c([2H])c([2H])c4[2H])c([2H])c3[2H])nc(-n3c4ccccc4c4ccc5c6ccccc6n(-c6c([2H])c(-c7c([2H])c([2H])c([2H])c([2H])c7[2H])c([2H])c([2H])c6-c6c([2H])c([2H])c([2H])c([2H])c6[2H])c5c43)n2)c([2H])c1[2H]. The Bertz CT molecular complexity index is 5100. The third-order valence-corrected chi connectivity index (χ3v) is 10.1. The van der Waals surface area contributed by atoms with Crippen LogP contribution in [0.5, 0.6) is 0 Å². The van der Waals surface area contributed by atoms with E-state index in [4.69, 9.17) is 34.6 Å². The van der Waals surface area contributed by atoms with Crippen LogP contribution in [0.1, 0.15) is 37.0 Å². The average Bonchev–Trinajstić information content (AvgIpc) is 1.60. The minimum Gasteiger partial charge on any atom is -0.307 e. The molecular formula is C57H37N5. The molecule has 0 bridgehead atoms. The summed E-state index contributed by atoms with van der Waals surface area (Å²) in [5.74, 6) is -1.92. The molecule has 290 valence electrons. The Balaban J connectivity index is 1.30. The molecule has 0 amide bonds. The molecule has 12 rings (SSSR count). The summed E-state index contributed by atoms with van der Waals surface area (Å²) in [5.41, 5.74) is -5.32. The van der Waals surface area contributed by atoms with Gasteiger partial charge < -0.3 is 4.57 Å². The van der Waals surface area contributed by atoms with Crippen molar-refractivity contribution >= 4 is 43.6 Å². The highest BCUT2D eigenvalue weighted by atomic mass is 15.2. The van der Waals surface area contributed by atoms with Crippen LogP contribution in [0, 0.1) is 0 Å². The smallest absolute Gasteiger partial charge is 0.238 e. The lowest BCUT2D eigenvalue weighted by Crippen LogP contribution is -2.07. The minimum atomic E-state index is -0.927. The first kappa shape index (κ1) is 17.7. The van der Waals surface area contributed by atoms with Crippen LogP contribution in [-0.4, -0.2) is 24.1 Å². The molecule has 0 unspecified atom stereocenters. The fourth-order valence-corrected chi connectivity index (χ4v) is 7.54. The van der Waals surface area contributed by atoms with Gasteiger partial charge in [0, 0.05) is 38.2 Å². The van der Waals surface area contributed by atoms with E-state index in [9.17, 15) is 12.3 Å². The van der Waals surface area contributed by atoms with Crippen molar-refractivity contribution in [3.8, 4) is 67.8 Å². The molecule has 0 N–H and O–H groups in total. The number of nitrogens with zero attached hydrogens (tertiary/aromatic N) is 5.